The molecule has 0 spiro atoms. The summed E-state index contributed by atoms with van der Waals surface area (Å²) in [6, 6.07) is 5.84. The average molecular weight is 345 g/mol. The number of nitrogens with one attached hydrogen (secondary N) is 1. The van der Waals surface area contributed by atoms with Crippen molar-refractivity contribution in [3.8, 4) is 11.5 Å². The molecule has 3 rings (SSSR count). The Morgan fingerprint density at radius 1 is 1.32 bits per heavy atom. The first-order chi connectivity index (χ1) is 12.2. The van der Waals surface area contributed by atoms with E-state index < -0.39 is 0 Å². The zero-order chi connectivity index (χ0) is 17.6. The highest BCUT2D eigenvalue weighted by molar-refractivity contribution is 5.95. The van der Waals surface area contributed by atoms with E-state index in [1.807, 2.05) is 4.90 Å². The molecule has 0 aliphatic carbocycles. The Labute approximate surface area is 149 Å². The van der Waals surface area contributed by atoms with Crippen molar-refractivity contribution >= 4 is 5.91 Å². The fraction of sp³-hybridized carbons (Fsp3) is 0.526. The number of carbonyl (C=O) groups is 1. The molecule has 1 N–H and O–H groups in total. The van der Waals surface area contributed by atoms with Gasteiger partial charge in [-0.05, 0) is 24.6 Å². The largest absolute Gasteiger partial charge is 0.493 e. The van der Waals surface area contributed by atoms with Crippen LogP contribution in [0.5, 0.6) is 11.5 Å². The highest BCUT2D eigenvalue weighted by Gasteiger charge is 2.31. The van der Waals surface area contributed by atoms with E-state index in [4.69, 9.17) is 9.47 Å². The molecule has 1 amide bonds. The van der Waals surface area contributed by atoms with Gasteiger partial charge in [-0.3, -0.25) is 9.69 Å². The number of amides is 1. The van der Waals surface area contributed by atoms with E-state index in [0.717, 1.165) is 45.7 Å². The van der Waals surface area contributed by atoms with Crippen LogP contribution < -0.4 is 14.8 Å². The molecule has 2 heterocycles. The van der Waals surface area contributed by atoms with Crippen molar-refractivity contribution in [1.29, 1.82) is 0 Å². The maximum absolute atomic E-state index is 12.9. The normalized spacial score (nSPS) is 21.2. The number of piperazine rings is 1. The zero-order valence-electron chi connectivity index (χ0n) is 14.9. The average Bonchev–Trinajstić information content (AvgIpc) is 3.16. The molecule has 1 aromatic carbocycles. The van der Waals surface area contributed by atoms with Gasteiger partial charge in [0.1, 0.15) is 6.61 Å². The van der Waals surface area contributed by atoms with Gasteiger partial charge in [0.25, 0.3) is 5.91 Å². The van der Waals surface area contributed by atoms with Crippen molar-refractivity contribution in [2.75, 3.05) is 53.0 Å². The summed E-state index contributed by atoms with van der Waals surface area (Å²) in [5.41, 5.74) is 0.642. The maximum Gasteiger partial charge on any atom is 0.254 e. The second-order valence-corrected chi connectivity index (χ2v) is 6.44. The lowest BCUT2D eigenvalue weighted by Gasteiger charge is -2.32. The molecule has 6 heteroatoms. The van der Waals surface area contributed by atoms with E-state index in [1.165, 1.54) is 0 Å². The van der Waals surface area contributed by atoms with Crippen LogP contribution in [0.4, 0.5) is 0 Å². The first-order valence-electron chi connectivity index (χ1n) is 8.88. The van der Waals surface area contributed by atoms with Crippen LogP contribution in [0, 0.1) is 0 Å². The Morgan fingerprint density at radius 2 is 2.12 bits per heavy atom. The minimum Gasteiger partial charge on any atom is -0.493 e. The highest BCUT2D eigenvalue weighted by Crippen LogP contribution is 2.29. The Hall–Kier alpha value is -2.05. The van der Waals surface area contributed by atoms with E-state index in [0.29, 0.717) is 29.7 Å². The van der Waals surface area contributed by atoms with Crippen LogP contribution in [0.1, 0.15) is 16.8 Å². The van der Waals surface area contributed by atoms with Gasteiger partial charge in [-0.25, -0.2) is 0 Å². The number of hydrogen-bond acceptors (Lipinski definition) is 5. The minimum atomic E-state index is 0.0613. The molecule has 0 saturated carbocycles. The molecule has 0 aromatic heterocycles. The third-order valence-electron chi connectivity index (χ3n) is 4.89. The summed E-state index contributed by atoms with van der Waals surface area (Å²) in [5, 5.41) is 3.38. The lowest BCUT2D eigenvalue weighted by Crippen LogP contribution is -2.49. The summed E-state index contributed by atoms with van der Waals surface area (Å²) >= 11 is 0. The predicted octanol–water partition coefficient (Wildman–Crippen LogP) is 1.38. The topological polar surface area (TPSA) is 54.0 Å². The number of benzene rings is 1. The molecule has 1 atom stereocenters. The van der Waals surface area contributed by atoms with Crippen LogP contribution in [-0.4, -0.2) is 74.7 Å². The predicted molar refractivity (Wildman–Crippen MR) is 97.4 cm³/mol. The third-order valence-corrected chi connectivity index (χ3v) is 4.89. The maximum atomic E-state index is 12.9. The van der Waals surface area contributed by atoms with Crippen LogP contribution >= 0.6 is 0 Å². The van der Waals surface area contributed by atoms with Crippen LogP contribution in [-0.2, 0) is 0 Å². The molecular weight excluding hydrogens is 318 g/mol. The molecule has 1 aromatic rings. The SMILES string of the molecule is C=CCOc1ccc(C(=O)N2CCC(N3CCNCC3)C2)cc1OC. The standard InChI is InChI=1S/C19H27N3O3/c1-3-12-25-17-5-4-15(13-18(17)24-2)19(23)22-9-6-16(14-22)21-10-7-20-8-11-21/h3-5,13,16,20H,1,6-12,14H2,2H3. The quantitative estimate of drug-likeness (QED) is 0.790. The van der Waals surface area contributed by atoms with Crippen molar-refractivity contribution in [2.45, 2.75) is 12.5 Å². The monoisotopic (exact) mass is 345 g/mol. The number of methoxy groups -OCH3 is 1. The second-order valence-electron chi connectivity index (χ2n) is 6.44. The molecule has 2 fully saturated rings. The van der Waals surface area contributed by atoms with Gasteiger partial charge in [-0.2, -0.15) is 0 Å². The van der Waals surface area contributed by atoms with Crippen molar-refractivity contribution in [3.63, 3.8) is 0 Å². The molecule has 2 aliphatic heterocycles. The van der Waals surface area contributed by atoms with Crippen molar-refractivity contribution in [3.05, 3.63) is 36.4 Å². The Balaban J connectivity index is 1.65. The number of carbonyl (C=O) groups excluding carboxylic acids is 1. The Bertz CT molecular complexity index is 614. The van der Waals surface area contributed by atoms with Crippen LogP contribution in [0.15, 0.2) is 30.9 Å². The van der Waals surface area contributed by atoms with E-state index in [-0.39, 0.29) is 5.91 Å². The fourth-order valence-electron chi connectivity index (χ4n) is 3.52. The lowest BCUT2D eigenvalue weighted by molar-refractivity contribution is 0.0773. The second kappa shape index (κ2) is 8.36. The fourth-order valence-corrected chi connectivity index (χ4v) is 3.52. The van der Waals surface area contributed by atoms with Crippen molar-refractivity contribution in [2.24, 2.45) is 0 Å². The summed E-state index contributed by atoms with van der Waals surface area (Å²) in [5.74, 6) is 1.26. The number of ether oxygens (including phenoxy) is 2. The first kappa shape index (κ1) is 17.8. The van der Waals surface area contributed by atoms with E-state index in [2.05, 4.69) is 16.8 Å². The van der Waals surface area contributed by atoms with Gasteiger partial charge in [0.05, 0.1) is 7.11 Å². The number of rotatable bonds is 6. The highest BCUT2D eigenvalue weighted by atomic mass is 16.5. The molecule has 0 radical (unpaired) electrons. The summed E-state index contributed by atoms with van der Waals surface area (Å²) in [4.78, 5) is 17.3. The smallest absolute Gasteiger partial charge is 0.254 e. The van der Waals surface area contributed by atoms with Crippen LogP contribution in [0.3, 0.4) is 0 Å². The number of nitrogens with zero attached hydrogens (tertiary/aromatic N) is 2. The summed E-state index contributed by atoms with van der Waals surface area (Å²) in [6.45, 7) is 9.86. The van der Waals surface area contributed by atoms with E-state index in [1.54, 1.807) is 31.4 Å². The third kappa shape index (κ3) is 4.14. The number of likely N-dealkylation sites (tertiary alicyclic amines) is 1. The summed E-state index contributed by atoms with van der Waals surface area (Å²) < 4.78 is 10.9. The first-order valence-corrected chi connectivity index (χ1v) is 8.88. The van der Waals surface area contributed by atoms with Gasteiger partial charge in [-0.15, -0.1) is 0 Å². The minimum absolute atomic E-state index is 0.0613. The van der Waals surface area contributed by atoms with Gasteiger partial charge >= 0.3 is 0 Å². The van der Waals surface area contributed by atoms with Crippen molar-refractivity contribution < 1.29 is 14.3 Å². The zero-order valence-corrected chi connectivity index (χ0v) is 14.9. The molecule has 2 aliphatic rings. The molecule has 6 nitrogen and oxygen atoms in total. The Kier molecular flexibility index (Phi) is 5.94. The molecule has 25 heavy (non-hydrogen) atoms. The summed E-state index contributed by atoms with van der Waals surface area (Å²) in [6.07, 6.45) is 2.72. The van der Waals surface area contributed by atoms with Gasteiger partial charge in [0, 0.05) is 50.9 Å². The summed E-state index contributed by atoms with van der Waals surface area (Å²) in [7, 11) is 1.58. The van der Waals surface area contributed by atoms with Gasteiger partial charge in [-0.1, -0.05) is 12.7 Å². The van der Waals surface area contributed by atoms with Gasteiger partial charge < -0.3 is 19.7 Å². The van der Waals surface area contributed by atoms with E-state index >= 15 is 0 Å². The van der Waals surface area contributed by atoms with Crippen LogP contribution in [0.25, 0.3) is 0 Å². The lowest BCUT2D eigenvalue weighted by atomic mass is 10.1. The van der Waals surface area contributed by atoms with E-state index in [9.17, 15) is 4.79 Å². The van der Waals surface area contributed by atoms with Crippen molar-refractivity contribution in [1.82, 2.24) is 15.1 Å². The van der Waals surface area contributed by atoms with Crippen LogP contribution in [0.2, 0.25) is 0 Å². The molecule has 0 bridgehead atoms. The van der Waals surface area contributed by atoms with Gasteiger partial charge in [0.2, 0.25) is 0 Å². The molecule has 1 unspecified atom stereocenters. The molecular formula is C19H27N3O3. The molecule has 136 valence electrons. The van der Waals surface area contributed by atoms with Gasteiger partial charge in [0.15, 0.2) is 11.5 Å². The number of hydrogen-bond donors (Lipinski definition) is 1. The molecule has 2 saturated heterocycles. The Morgan fingerprint density at radius 3 is 2.84 bits per heavy atom.